The van der Waals surface area contributed by atoms with Crippen LogP contribution in [0.5, 0.6) is 0 Å². The fourth-order valence-electron chi connectivity index (χ4n) is 6.74. The molecule has 1 fully saturated rings. The Hall–Kier alpha value is -2.97. The maximum absolute atomic E-state index is 13.1. The van der Waals surface area contributed by atoms with E-state index in [2.05, 4.69) is 6.08 Å². The first-order chi connectivity index (χ1) is 17.3. The molecule has 1 aromatic rings. The molecular weight excluding hydrogens is 476 g/mol. The molecule has 0 saturated heterocycles. The molecule has 8 nitrogen and oxygen atoms in total. The van der Waals surface area contributed by atoms with Crippen LogP contribution in [-0.2, 0) is 23.8 Å². The highest BCUT2D eigenvalue weighted by atomic mass is 16.6. The zero-order chi connectivity index (χ0) is 27.2. The van der Waals surface area contributed by atoms with Crippen molar-refractivity contribution in [3.63, 3.8) is 0 Å². The predicted octanol–water partition coefficient (Wildman–Crippen LogP) is 3.51. The summed E-state index contributed by atoms with van der Waals surface area (Å²) in [5.41, 5.74) is -1.96. The number of ether oxygens (including phenoxy) is 3. The summed E-state index contributed by atoms with van der Waals surface area (Å²) in [6, 6.07) is 8.53. The number of aliphatic hydroxyl groups is 2. The first kappa shape index (κ1) is 27.1. The molecule has 200 valence electrons. The fraction of sp³-hybridized carbons (Fsp3) is 0.552. The average Bonchev–Trinajstić information content (AvgIpc) is 3.26. The van der Waals surface area contributed by atoms with Crippen LogP contribution in [0.25, 0.3) is 0 Å². The molecule has 3 aliphatic rings. The Bertz CT molecular complexity index is 1140. The molecule has 0 bridgehead atoms. The molecule has 0 amide bonds. The third-order valence-corrected chi connectivity index (χ3v) is 9.14. The molecule has 8 heteroatoms. The number of carbonyl (C=O) groups excluding carboxylic acids is 3. The molecular formula is C29H36O8. The Morgan fingerprint density at radius 2 is 1.86 bits per heavy atom. The Morgan fingerprint density at radius 1 is 1.19 bits per heavy atom. The summed E-state index contributed by atoms with van der Waals surface area (Å²) < 4.78 is 16.9. The summed E-state index contributed by atoms with van der Waals surface area (Å²) in [5.74, 6) is -1.94. The molecule has 2 N–H and O–H groups in total. The fourth-order valence-corrected chi connectivity index (χ4v) is 6.74. The second-order valence-corrected chi connectivity index (χ2v) is 11.1. The molecule has 0 unspecified atom stereocenters. The summed E-state index contributed by atoms with van der Waals surface area (Å²) >= 11 is 0. The van der Waals surface area contributed by atoms with Crippen molar-refractivity contribution in [1.82, 2.24) is 0 Å². The number of benzene rings is 1. The van der Waals surface area contributed by atoms with Crippen molar-refractivity contribution < 1.29 is 38.8 Å². The van der Waals surface area contributed by atoms with Crippen molar-refractivity contribution in [3.8, 4) is 0 Å². The topological polar surface area (TPSA) is 119 Å². The zero-order valence-corrected chi connectivity index (χ0v) is 22.0. The third-order valence-electron chi connectivity index (χ3n) is 9.14. The van der Waals surface area contributed by atoms with Crippen LogP contribution < -0.4 is 0 Å². The standard InChI is InChI=1S/C29H36O8/c1-17-10-9-13-21-27(17,3)25(37-26(33)20-11-7-6-8-12-20)24(32)29(5,34)28(21,4)22(36-18(2)30)14-19-15-23(31)35-16-19/h6-8,10-12,15,21-22,24-25,32,34H,9,13-14,16H2,1-5H3/t21-,22-,24-,25-,27-,28-,29-/m0/s1. The van der Waals surface area contributed by atoms with Gasteiger partial charge < -0.3 is 24.4 Å². The average molecular weight is 513 g/mol. The Balaban J connectivity index is 1.81. The van der Waals surface area contributed by atoms with Gasteiger partial charge in [0.15, 0.2) is 0 Å². The maximum Gasteiger partial charge on any atom is 0.338 e. The largest absolute Gasteiger partial charge is 0.462 e. The molecule has 0 spiro atoms. The van der Waals surface area contributed by atoms with E-state index in [9.17, 15) is 24.6 Å². The van der Waals surface area contributed by atoms with Gasteiger partial charge in [0.1, 0.15) is 30.5 Å². The van der Waals surface area contributed by atoms with Crippen molar-refractivity contribution >= 4 is 17.9 Å². The zero-order valence-electron chi connectivity index (χ0n) is 22.0. The van der Waals surface area contributed by atoms with E-state index in [4.69, 9.17) is 14.2 Å². The Morgan fingerprint density at radius 3 is 2.46 bits per heavy atom. The van der Waals surface area contributed by atoms with Crippen LogP contribution in [0.1, 0.15) is 64.2 Å². The second kappa shape index (κ2) is 9.72. The molecule has 0 aromatic heterocycles. The number of carbonyl (C=O) groups is 3. The van der Waals surface area contributed by atoms with Gasteiger partial charge in [0, 0.05) is 30.3 Å². The monoisotopic (exact) mass is 512 g/mol. The summed E-state index contributed by atoms with van der Waals surface area (Å²) in [6.07, 6.45) is 1.50. The van der Waals surface area contributed by atoms with Crippen LogP contribution in [0.2, 0.25) is 0 Å². The van der Waals surface area contributed by atoms with Crippen molar-refractivity contribution in [2.75, 3.05) is 6.61 Å². The van der Waals surface area contributed by atoms with E-state index in [-0.39, 0.29) is 18.9 Å². The number of rotatable bonds is 6. The highest BCUT2D eigenvalue weighted by Gasteiger charge is 2.71. The van der Waals surface area contributed by atoms with Gasteiger partial charge in [0.25, 0.3) is 0 Å². The van der Waals surface area contributed by atoms with Crippen LogP contribution in [0.3, 0.4) is 0 Å². The summed E-state index contributed by atoms with van der Waals surface area (Å²) in [5, 5.41) is 23.8. The van der Waals surface area contributed by atoms with Gasteiger partial charge in [0.2, 0.25) is 0 Å². The number of fused-ring (bicyclic) bond motifs is 1. The minimum atomic E-state index is -1.83. The SMILES string of the molecule is CC(=O)O[C@@H](CC1=CC(=O)OC1)[C@]1(C)[C@H]2CCC=C(C)[C@]2(C)[C@@H](OC(=O)c2ccccc2)[C@H](O)[C@]1(C)O. The van der Waals surface area contributed by atoms with Gasteiger partial charge in [-0.3, -0.25) is 4.79 Å². The van der Waals surface area contributed by atoms with Gasteiger partial charge in [-0.05, 0) is 50.3 Å². The van der Waals surface area contributed by atoms with E-state index >= 15 is 0 Å². The number of allylic oxidation sites excluding steroid dienone is 1. The van der Waals surface area contributed by atoms with E-state index in [1.807, 2.05) is 20.8 Å². The number of cyclic esters (lactones) is 1. The van der Waals surface area contributed by atoms with Crippen LogP contribution >= 0.6 is 0 Å². The highest BCUT2D eigenvalue weighted by Crippen LogP contribution is 2.64. The molecule has 0 radical (unpaired) electrons. The molecule has 1 aromatic carbocycles. The van der Waals surface area contributed by atoms with Gasteiger partial charge in [0.05, 0.1) is 5.56 Å². The third kappa shape index (κ3) is 4.40. The lowest BCUT2D eigenvalue weighted by atomic mass is 9.43. The lowest BCUT2D eigenvalue weighted by molar-refractivity contribution is -0.290. The molecule has 1 saturated carbocycles. The van der Waals surface area contributed by atoms with Gasteiger partial charge in [-0.15, -0.1) is 0 Å². The number of hydrogen-bond donors (Lipinski definition) is 2. The molecule has 2 aliphatic carbocycles. The summed E-state index contributed by atoms with van der Waals surface area (Å²) in [4.78, 5) is 37.1. The van der Waals surface area contributed by atoms with Gasteiger partial charge >= 0.3 is 17.9 Å². The lowest BCUT2D eigenvalue weighted by Crippen LogP contribution is -2.75. The number of aliphatic hydroxyl groups excluding tert-OH is 1. The molecule has 1 aliphatic heterocycles. The Labute approximate surface area is 217 Å². The summed E-state index contributed by atoms with van der Waals surface area (Å²) in [6.45, 7) is 8.58. The first-order valence-corrected chi connectivity index (χ1v) is 12.7. The summed E-state index contributed by atoms with van der Waals surface area (Å²) in [7, 11) is 0. The van der Waals surface area contributed by atoms with E-state index < -0.39 is 52.7 Å². The van der Waals surface area contributed by atoms with Crippen LogP contribution in [0.4, 0.5) is 0 Å². The normalized spacial score (nSPS) is 36.0. The van der Waals surface area contributed by atoms with E-state index in [1.54, 1.807) is 30.3 Å². The van der Waals surface area contributed by atoms with Crippen LogP contribution in [-0.4, -0.2) is 58.6 Å². The number of hydrogen-bond acceptors (Lipinski definition) is 8. The van der Waals surface area contributed by atoms with Crippen molar-refractivity contribution in [1.29, 1.82) is 0 Å². The first-order valence-electron chi connectivity index (χ1n) is 12.7. The lowest BCUT2D eigenvalue weighted by Gasteiger charge is -2.66. The quantitative estimate of drug-likeness (QED) is 0.338. The number of esters is 3. The van der Waals surface area contributed by atoms with Gasteiger partial charge in [-0.1, -0.05) is 43.7 Å². The highest BCUT2D eigenvalue weighted by molar-refractivity contribution is 5.89. The van der Waals surface area contributed by atoms with Crippen molar-refractivity contribution in [2.24, 2.45) is 16.7 Å². The van der Waals surface area contributed by atoms with Gasteiger partial charge in [-0.25, -0.2) is 9.59 Å². The molecule has 4 rings (SSSR count). The van der Waals surface area contributed by atoms with Crippen LogP contribution in [0, 0.1) is 16.7 Å². The molecule has 7 atom stereocenters. The van der Waals surface area contributed by atoms with Crippen molar-refractivity contribution in [3.05, 3.63) is 59.2 Å². The smallest absolute Gasteiger partial charge is 0.338 e. The predicted molar refractivity (Wildman–Crippen MR) is 134 cm³/mol. The molecule has 1 heterocycles. The second-order valence-electron chi connectivity index (χ2n) is 11.1. The van der Waals surface area contributed by atoms with Crippen molar-refractivity contribution in [2.45, 2.75) is 77.8 Å². The van der Waals surface area contributed by atoms with Crippen LogP contribution in [0.15, 0.2) is 53.6 Å². The van der Waals surface area contributed by atoms with Gasteiger partial charge in [-0.2, -0.15) is 0 Å². The van der Waals surface area contributed by atoms with E-state index in [0.717, 1.165) is 5.57 Å². The van der Waals surface area contributed by atoms with E-state index in [0.29, 0.717) is 24.0 Å². The molecule has 37 heavy (non-hydrogen) atoms. The minimum absolute atomic E-state index is 0.0789. The Kier molecular flexibility index (Phi) is 7.12. The maximum atomic E-state index is 13.1. The minimum Gasteiger partial charge on any atom is -0.462 e. The van der Waals surface area contributed by atoms with E-state index in [1.165, 1.54) is 19.9 Å².